The Morgan fingerprint density at radius 3 is 1.66 bits per heavy atom. The molecule has 0 aliphatic carbocycles. The number of amides is 1. The van der Waals surface area contributed by atoms with Crippen LogP contribution in [0, 0.1) is 0 Å². The number of nitrogens with zero attached hydrogens (tertiary/aromatic N) is 4. The zero-order valence-corrected chi connectivity index (χ0v) is 22.5. The van der Waals surface area contributed by atoms with Crippen molar-refractivity contribution in [3.05, 3.63) is 91.0 Å². The Labute approximate surface area is 224 Å². The number of piperazine rings is 2. The predicted octanol–water partition coefficient (Wildman–Crippen LogP) is 2.10. The van der Waals surface area contributed by atoms with Gasteiger partial charge in [0.15, 0.2) is 0 Å². The summed E-state index contributed by atoms with van der Waals surface area (Å²) in [4.78, 5) is 17.9. The lowest BCUT2D eigenvalue weighted by atomic mass is 10.1. The number of carbonyl (C=O) groups is 1. The summed E-state index contributed by atoms with van der Waals surface area (Å²) in [5.41, 5.74) is 1.06. The van der Waals surface area contributed by atoms with E-state index in [2.05, 4.69) is 4.90 Å². The molecular weight excluding hydrogens is 524 g/mol. The third-order valence-electron chi connectivity index (χ3n) is 7.02. The summed E-state index contributed by atoms with van der Waals surface area (Å²) in [5.74, 6) is -0.384. The van der Waals surface area contributed by atoms with Crippen LogP contribution in [0.4, 0.5) is 5.69 Å². The minimum atomic E-state index is -4.03. The van der Waals surface area contributed by atoms with Crippen molar-refractivity contribution in [1.29, 1.82) is 0 Å². The van der Waals surface area contributed by atoms with Crippen molar-refractivity contribution in [3.63, 3.8) is 0 Å². The molecule has 0 N–H and O–H groups in total. The third kappa shape index (κ3) is 5.19. The smallest absolute Gasteiger partial charge is 0.243 e. The van der Waals surface area contributed by atoms with Gasteiger partial charge in [0.2, 0.25) is 26.0 Å². The molecule has 3 aromatic rings. The number of para-hydroxylation sites is 1. The van der Waals surface area contributed by atoms with Crippen LogP contribution in [-0.4, -0.2) is 88.1 Å². The van der Waals surface area contributed by atoms with Crippen LogP contribution in [-0.2, 0) is 24.8 Å². The van der Waals surface area contributed by atoms with Crippen LogP contribution in [0.25, 0.3) is 0 Å². The topological polar surface area (TPSA) is 98.3 Å². The van der Waals surface area contributed by atoms with E-state index in [-0.39, 0.29) is 35.3 Å². The average Bonchev–Trinajstić information content (AvgIpc) is 2.98. The summed E-state index contributed by atoms with van der Waals surface area (Å²) in [6.45, 7) is 1.60. The van der Waals surface area contributed by atoms with E-state index in [0.29, 0.717) is 26.2 Å². The van der Waals surface area contributed by atoms with Gasteiger partial charge in [-0.15, -0.1) is 0 Å². The van der Waals surface area contributed by atoms with Gasteiger partial charge in [-0.3, -0.25) is 4.79 Å². The van der Waals surface area contributed by atoms with Crippen molar-refractivity contribution >= 4 is 31.6 Å². The molecule has 200 valence electrons. The van der Waals surface area contributed by atoms with Crippen molar-refractivity contribution < 1.29 is 21.6 Å². The first-order valence-corrected chi connectivity index (χ1v) is 15.4. The molecule has 0 aromatic heterocycles. The first-order chi connectivity index (χ1) is 18.3. The maximum absolute atomic E-state index is 13.9. The standard InChI is InChI=1S/C27H30N4O5S2/c32-27(29-18-16-28(17-19-29)23-10-4-1-5-11-23)26-22-30(37(33,34)24-12-6-2-7-13-24)20-21-31(26)38(35,36)25-14-8-3-9-15-25/h1-15,26H,16-22H2/t26-/m0/s1. The minimum Gasteiger partial charge on any atom is -0.368 e. The Hall–Kier alpha value is -3.25. The maximum atomic E-state index is 13.9. The Morgan fingerprint density at radius 2 is 1.11 bits per heavy atom. The highest BCUT2D eigenvalue weighted by atomic mass is 32.2. The van der Waals surface area contributed by atoms with Crippen molar-refractivity contribution in [3.8, 4) is 0 Å². The van der Waals surface area contributed by atoms with Crippen LogP contribution in [0.3, 0.4) is 0 Å². The number of hydrogen-bond acceptors (Lipinski definition) is 6. The van der Waals surface area contributed by atoms with Gasteiger partial charge in [0, 0.05) is 51.5 Å². The van der Waals surface area contributed by atoms with Crippen molar-refractivity contribution in [2.24, 2.45) is 0 Å². The summed E-state index contributed by atoms with van der Waals surface area (Å²) in [5, 5.41) is 0. The predicted molar refractivity (Wildman–Crippen MR) is 145 cm³/mol. The van der Waals surface area contributed by atoms with Gasteiger partial charge >= 0.3 is 0 Å². The third-order valence-corrected chi connectivity index (χ3v) is 10.8. The molecule has 1 amide bonds. The second-order valence-corrected chi connectivity index (χ2v) is 13.1. The average molecular weight is 555 g/mol. The lowest BCUT2D eigenvalue weighted by molar-refractivity contribution is -0.136. The molecule has 0 spiro atoms. The Bertz CT molecular complexity index is 1460. The first kappa shape index (κ1) is 26.4. The minimum absolute atomic E-state index is 0.0468. The van der Waals surface area contributed by atoms with E-state index in [1.807, 2.05) is 30.3 Å². The second-order valence-electron chi connectivity index (χ2n) is 9.27. The fraction of sp³-hybridized carbons (Fsp3) is 0.296. The van der Waals surface area contributed by atoms with Gasteiger partial charge in [-0.2, -0.15) is 8.61 Å². The molecular formula is C27H30N4O5S2. The molecule has 11 heteroatoms. The van der Waals surface area contributed by atoms with Gasteiger partial charge in [0.1, 0.15) is 6.04 Å². The van der Waals surface area contributed by atoms with E-state index in [0.717, 1.165) is 5.69 Å². The fourth-order valence-corrected chi connectivity index (χ4v) is 8.00. The normalized spacial score (nSPS) is 19.8. The largest absolute Gasteiger partial charge is 0.368 e. The molecule has 3 aromatic carbocycles. The monoisotopic (exact) mass is 554 g/mol. The molecule has 9 nitrogen and oxygen atoms in total. The fourth-order valence-electron chi connectivity index (χ4n) is 4.95. The number of benzene rings is 3. The Kier molecular flexibility index (Phi) is 7.53. The molecule has 1 atom stereocenters. The highest BCUT2D eigenvalue weighted by molar-refractivity contribution is 7.89. The van der Waals surface area contributed by atoms with Crippen LogP contribution in [0.2, 0.25) is 0 Å². The molecule has 2 saturated heterocycles. The SMILES string of the molecule is O=C([C@@H]1CN(S(=O)(=O)c2ccccc2)CCN1S(=O)(=O)c1ccccc1)N1CCN(c2ccccc2)CC1. The van der Waals surface area contributed by atoms with E-state index in [1.165, 1.54) is 32.9 Å². The van der Waals surface area contributed by atoms with Crippen LogP contribution in [0.5, 0.6) is 0 Å². The quantitative estimate of drug-likeness (QED) is 0.463. The molecule has 2 aliphatic heterocycles. The number of sulfonamides is 2. The lowest BCUT2D eigenvalue weighted by Crippen LogP contribution is -2.63. The van der Waals surface area contributed by atoms with Crippen LogP contribution in [0.1, 0.15) is 0 Å². The Morgan fingerprint density at radius 1 is 0.605 bits per heavy atom. The lowest BCUT2D eigenvalue weighted by Gasteiger charge is -2.43. The van der Waals surface area contributed by atoms with Gasteiger partial charge < -0.3 is 9.80 Å². The molecule has 2 heterocycles. The van der Waals surface area contributed by atoms with E-state index >= 15 is 0 Å². The van der Waals surface area contributed by atoms with Crippen molar-refractivity contribution in [1.82, 2.24) is 13.5 Å². The first-order valence-electron chi connectivity index (χ1n) is 12.5. The van der Waals surface area contributed by atoms with Gasteiger partial charge in [-0.25, -0.2) is 16.8 Å². The van der Waals surface area contributed by atoms with Crippen LogP contribution in [0.15, 0.2) is 101 Å². The summed E-state index contributed by atoms with van der Waals surface area (Å²) in [7, 11) is -7.93. The van der Waals surface area contributed by atoms with E-state index in [4.69, 9.17) is 0 Å². The zero-order valence-electron chi connectivity index (χ0n) is 20.8. The summed E-state index contributed by atoms with van der Waals surface area (Å²) in [6.07, 6.45) is 0. The zero-order chi connectivity index (χ0) is 26.8. The summed E-state index contributed by atoms with van der Waals surface area (Å²) >= 11 is 0. The van der Waals surface area contributed by atoms with Crippen molar-refractivity contribution in [2.45, 2.75) is 15.8 Å². The molecule has 38 heavy (non-hydrogen) atoms. The Balaban J connectivity index is 1.41. The second kappa shape index (κ2) is 10.9. The highest BCUT2D eigenvalue weighted by Crippen LogP contribution is 2.27. The molecule has 5 rings (SSSR count). The van der Waals surface area contributed by atoms with Gasteiger partial charge in [-0.1, -0.05) is 54.6 Å². The van der Waals surface area contributed by atoms with Crippen LogP contribution < -0.4 is 4.90 Å². The van der Waals surface area contributed by atoms with Gasteiger partial charge in [0.05, 0.1) is 9.79 Å². The van der Waals surface area contributed by atoms with Gasteiger partial charge in [0.25, 0.3) is 0 Å². The number of rotatable bonds is 6. The van der Waals surface area contributed by atoms with Crippen molar-refractivity contribution in [2.75, 3.05) is 50.7 Å². The molecule has 2 aliphatic rings. The maximum Gasteiger partial charge on any atom is 0.243 e. The number of hydrogen-bond donors (Lipinski definition) is 0. The molecule has 0 radical (unpaired) electrons. The molecule has 0 saturated carbocycles. The molecule has 0 unspecified atom stereocenters. The summed E-state index contributed by atoms with van der Waals surface area (Å²) in [6, 6.07) is 24.7. The van der Waals surface area contributed by atoms with E-state index in [1.54, 1.807) is 41.3 Å². The summed E-state index contributed by atoms with van der Waals surface area (Å²) < 4.78 is 56.4. The van der Waals surface area contributed by atoms with E-state index in [9.17, 15) is 21.6 Å². The number of carbonyl (C=O) groups excluding carboxylic acids is 1. The molecule has 2 fully saturated rings. The van der Waals surface area contributed by atoms with Gasteiger partial charge in [-0.05, 0) is 36.4 Å². The number of anilines is 1. The van der Waals surface area contributed by atoms with Crippen LogP contribution >= 0.6 is 0 Å². The highest BCUT2D eigenvalue weighted by Gasteiger charge is 2.45. The molecule has 0 bridgehead atoms. The van der Waals surface area contributed by atoms with E-state index < -0.39 is 26.1 Å².